The third kappa shape index (κ3) is 1.71. The van der Waals surface area contributed by atoms with Crippen molar-refractivity contribution in [2.45, 2.75) is 6.92 Å². The Bertz CT molecular complexity index is 695. The second kappa shape index (κ2) is 3.98. The predicted octanol–water partition coefficient (Wildman–Crippen LogP) is 2.33. The van der Waals surface area contributed by atoms with Crippen LogP contribution in [0.5, 0.6) is 0 Å². The molecule has 0 bridgehead atoms. The Labute approximate surface area is 108 Å². The van der Waals surface area contributed by atoms with E-state index in [0.717, 1.165) is 22.6 Å². The second-order valence-electron chi connectivity index (χ2n) is 4.33. The van der Waals surface area contributed by atoms with Crippen molar-refractivity contribution in [2.75, 3.05) is 4.90 Å². The lowest BCUT2D eigenvalue weighted by molar-refractivity contribution is 0.0925. The molecule has 4 nitrogen and oxygen atoms in total. The third-order valence-electron chi connectivity index (χ3n) is 2.97. The fourth-order valence-corrected chi connectivity index (χ4v) is 2.01. The summed E-state index contributed by atoms with van der Waals surface area (Å²) in [5.41, 5.74) is 1.20. The number of fused-ring (bicyclic) bond motifs is 1. The van der Waals surface area contributed by atoms with Gasteiger partial charge in [0.1, 0.15) is 11.6 Å². The number of carbonyl (C=O) groups is 2. The topological polar surface area (TPSA) is 50.3 Å². The first-order chi connectivity index (χ1) is 9.08. The van der Waals surface area contributed by atoms with Gasteiger partial charge in [-0.1, -0.05) is 6.07 Å². The standard InChI is InChI=1S/C14H9FN2O2/c1-8-2-5-12(16-7-8)17-13(18)10-4-3-9(15)6-11(10)14(17)19/h2-7H,1H3. The molecule has 0 radical (unpaired) electrons. The summed E-state index contributed by atoms with van der Waals surface area (Å²) in [7, 11) is 0. The summed E-state index contributed by atoms with van der Waals surface area (Å²) in [4.78, 5) is 29.3. The van der Waals surface area contributed by atoms with E-state index in [0.29, 0.717) is 0 Å². The van der Waals surface area contributed by atoms with Crippen LogP contribution < -0.4 is 4.90 Å². The van der Waals surface area contributed by atoms with Gasteiger partial charge >= 0.3 is 0 Å². The van der Waals surface area contributed by atoms with E-state index in [-0.39, 0.29) is 16.9 Å². The maximum absolute atomic E-state index is 13.1. The van der Waals surface area contributed by atoms with E-state index in [1.54, 1.807) is 18.3 Å². The lowest BCUT2D eigenvalue weighted by Crippen LogP contribution is -2.30. The molecule has 2 heterocycles. The number of aryl methyl sites for hydroxylation is 1. The molecule has 1 aromatic heterocycles. The molecule has 2 amide bonds. The molecule has 1 aliphatic heterocycles. The minimum atomic E-state index is -0.546. The van der Waals surface area contributed by atoms with Gasteiger partial charge in [0, 0.05) is 6.20 Å². The number of hydrogen-bond acceptors (Lipinski definition) is 3. The molecule has 94 valence electrons. The van der Waals surface area contributed by atoms with E-state index >= 15 is 0 Å². The molecule has 0 saturated heterocycles. The highest BCUT2D eigenvalue weighted by molar-refractivity contribution is 6.34. The number of nitrogens with zero attached hydrogens (tertiary/aromatic N) is 2. The van der Waals surface area contributed by atoms with E-state index in [4.69, 9.17) is 0 Å². The minimum absolute atomic E-state index is 0.0763. The van der Waals surface area contributed by atoms with Gasteiger partial charge in [-0.25, -0.2) is 14.3 Å². The number of rotatable bonds is 1. The minimum Gasteiger partial charge on any atom is -0.268 e. The number of anilines is 1. The fraction of sp³-hybridized carbons (Fsp3) is 0.0714. The van der Waals surface area contributed by atoms with Crippen molar-refractivity contribution in [3.8, 4) is 0 Å². The first kappa shape index (κ1) is 11.5. The number of benzene rings is 1. The highest BCUT2D eigenvalue weighted by Crippen LogP contribution is 2.27. The smallest absolute Gasteiger partial charge is 0.267 e. The van der Waals surface area contributed by atoms with Gasteiger partial charge in [0.15, 0.2) is 0 Å². The van der Waals surface area contributed by atoms with Crippen molar-refractivity contribution in [3.63, 3.8) is 0 Å². The number of imide groups is 1. The van der Waals surface area contributed by atoms with Crippen LogP contribution in [0.4, 0.5) is 10.2 Å². The summed E-state index contributed by atoms with van der Waals surface area (Å²) < 4.78 is 13.1. The second-order valence-corrected chi connectivity index (χ2v) is 4.33. The maximum Gasteiger partial charge on any atom is 0.267 e. The molecule has 19 heavy (non-hydrogen) atoms. The van der Waals surface area contributed by atoms with E-state index in [1.807, 2.05) is 6.92 Å². The van der Waals surface area contributed by atoms with Crippen LogP contribution in [0.3, 0.4) is 0 Å². The fourth-order valence-electron chi connectivity index (χ4n) is 2.01. The molecule has 2 aromatic rings. The van der Waals surface area contributed by atoms with Crippen molar-refractivity contribution >= 4 is 17.6 Å². The van der Waals surface area contributed by atoms with Gasteiger partial charge in [-0.2, -0.15) is 0 Å². The van der Waals surface area contributed by atoms with E-state index in [9.17, 15) is 14.0 Å². The van der Waals surface area contributed by atoms with Crippen LogP contribution in [0.15, 0.2) is 36.5 Å². The van der Waals surface area contributed by atoms with E-state index in [1.165, 1.54) is 6.07 Å². The van der Waals surface area contributed by atoms with Gasteiger partial charge in [-0.05, 0) is 36.8 Å². The van der Waals surface area contributed by atoms with Crippen LogP contribution in [-0.4, -0.2) is 16.8 Å². The predicted molar refractivity (Wildman–Crippen MR) is 66.5 cm³/mol. The first-order valence-corrected chi connectivity index (χ1v) is 5.69. The zero-order chi connectivity index (χ0) is 13.6. The van der Waals surface area contributed by atoms with Crippen LogP contribution in [0.2, 0.25) is 0 Å². The van der Waals surface area contributed by atoms with Crippen molar-refractivity contribution in [2.24, 2.45) is 0 Å². The van der Waals surface area contributed by atoms with E-state index < -0.39 is 17.6 Å². The first-order valence-electron chi connectivity index (χ1n) is 5.69. The van der Waals surface area contributed by atoms with Crippen LogP contribution in [-0.2, 0) is 0 Å². The summed E-state index contributed by atoms with van der Waals surface area (Å²) in [5, 5.41) is 0. The summed E-state index contributed by atoms with van der Waals surface area (Å²) in [6.07, 6.45) is 1.57. The molecular weight excluding hydrogens is 247 g/mol. The lowest BCUT2D eigenvalue weighted by atomic mass is 10.1. The number of amides is 2. The van der Waals surface area contributed by atoms with Gasteiger partial charge in [0.2, 0.25) is 0 Å². The van der Waals surface area contributed by atoms with Gasteiger partial charge in [-0.3, -0.25) is 9.59 Å². The lowest BCUT2D eigenvalue weighted by Gasteiger charge is -2.12. The summed E-state index contributed by atoms with van der Waals surface area (Å²) >= 11 is 0. The van der Waals surface area contributed by atoms with Gasteiger partial charge in [0.25, 0.3) is 11.8 Å². The molecule has 0 unspecified atom stereocenters. The van der Waals surface area contributed by atoms with Gasteiger partial charge < -0.3 is 0 Å². The average molecular weight is 256 g/mol. The number of halogens is 1. The quantitative estimate of drug-likeness (QED) is 0.736. The van der Waals surface area contributed by atoms with Crippen LogP contribution in [0, 0.1) is 12.7 Å². The number of aromatic nitrogens is 1. The molecule has 0 spiro atoms. The largest absolute Gasteiger partial charge is 0.268 e. The molecule has 1 aliphatic rings. The summed E-state index contributed by atoms with van der Waals surface area (Å²) in [6.45, 7) is 1.86. The molecule has 0 aliphatic carbocycles. The Morgan fingerprint density at radius 1 is 1.05 bits per heavy atom. The van der Waals surface area contributed by atoms with Crippen LogP contribution >= 0.6 is 0 Å². The highest BCUT2D eigenvalue weighted by atomic mass is 19.1. The Kier molecular flexibility index (Phi) is 2.41. The highest BCUT2D eigenvalue weighted by Gasteiger charge is 2.37. The van der Waals surface area contributed by atoms with Gasteiger partial charge in [0.05, 0.1) is 11.1 Å². The molecule has 1 aromatic carbocycles. The normalized spacial score (nSPS) is 13.9. The maximum atomic E-state index is 13.1. The SMILES string of the molecule is Cc1ccc(N2C(=O)c3ccc(F)cc3C2=O)nc1. The van der Waals surface area contributed by atoms with Crippen LogP contribution in [0.1, 0.15) is 26.3 Å². The zero-order valence-corrected chi connectivity index (χ0v) is 10.1. The summed E-state index contributed by atoms with van der Waals surface area (Å²) in [5.74, 6) is -1.32. The van der Waals surface area contributed by atoms with Crippen LogP contribution in [0.25, 0.3) is 0 Å². The van der Waals surface area contributed by atoms with Crippen molar-refractivity contribution < 1.29 is 14.0 Å². The monoisotopic (exact) mass is 256 g/mol. The molecule has 3 rings (SSSR count). The van der Waals surface area contributed by atoms with Crippen molar-refractivity contribution in [1.82, 2.24) is 4.98 Å². The molecule has 5 heteroatoms. The van der Waals surface area contributed by atoms with Gasteiger partial charge in [-0.15, -0.1) is 0 Å². The Balaban J connectivity index is 2.10. The van der Waals surface area contributed by atoms with E-state index in [2.05, 4.69) is 4.98 Å². The number of carbonyl (C=O) groups excluding carboxylic acids is 2. The molecule has 0 atom stereocenters. The third-order valence-corrected chi connectivity index (χ3v) is 2.97. The molecule has 0 saturated carbocycles. The zero-order valence-electron chi connectivity index (χ0n) is 10.1. The molecule has 0 fully saturated rings. The Hall–Kier alpha value is -2.56. The van der Waals surface area contributed by atoms with Crippen molar-refractivity contribution in [1.29, 1.82) is 0 Å². The summed E-state index contributed by atoms with van der Waals surface area (Å²) in [6, 6.07) is 6.90. The molecule has 0 N–H and O–H groups in total. The molecular formula is C14H9FN2O2. The average Bonchev–Trinajstić information content (AvgIpc) is 2.63. The number of pyridine rings is 1. The number of hydrogen-bond donors (Lipinski definition) is 0. The van der Waals surface area contributed by atoms with Crippen molar-refractivity contribution in [3.05, 3.63) is 59.0 Å². The Morgan fingerprint density at radius 2 is 1.79 bits per heavy atom. The Morgan fingerprint density at radius 3 is 2.47 bits per heavy atom.